The van der Waals surface area contributed by atoms with Crippen LogP contribution in [0.3, 0.4) is 0 Å². The Balaban J connectivity index is 1.49. The van der Waals surface area contributed by atoms with Crippen LogP contribution in [-0.4, -0.2) is 18.2 Å². The molecule has 0 fully saturated rings. The summed E-state index contributed by atoms with van der Waals surface area (Å²) in [5.41, 5.74) is 3.97. The summed E-state index contributed by atoms with van der Waals surface area (Å²) in [6, 6.07) is 12.6. The van der Waals surface area contributed by atoms with E-state index in [0.717, 1.165) is 33.6 Å². The molecule has 0 bridgehead atoms. The Morgan fingerprint density at radius 1 is 1.12 bits per heavy atom. The quantitative estimate of drug-likeness (QED) is 0.418. The molecular formula is C25H26N2O5. The van der Waals surface area contributed by atoms with Crippen molar-refractivity contribution < 1.29 is 23.2 Å². The monoisotopic (exact) mass is 434 g/mol. The zero-order valence-corrected chi connectivity index (χ0v) is 18.8. The zero-order valence-electron chi connectivity index (χ0n) is 18.8. The number of para-hydroxylation sites is 1. The SMILES string of the molecule is COc1cc(C(=O)NC(C)c2oc3ccccc3c2C)ccc1OCc1c(C)noc1C. The molecule has 0 saturated carbocycles. The molecule has 0 aliphatic carbocycles. The number of aromatic nitrogens is 1. The zero-order chi connectivity index (χ0) is 22.8. The van der Waals surface area contributed by atoms with Crippen LogP contribution in [-0.2, 0) is 6.61 Å². The number of benzene rings is 2. The third-order valence-electron chi connectivity index (χ3n) is 5.60. The molecule has 4 rings (SSSR count). The van der Waals surface area contributed by atoms with E-state index in [9.17, 15) is 4.79 Å². The number of amides is 1. The molecule has 0 saturated heterocycles. The largest absolute Gasteiger partial charge is 0.493 e. The number of hydrogen-bond donors (Lipinski definition) is 1. The molecule has 0 aliphatic heterocycles. The molecule has 32 heavy (non-hydrogen) atoms. The normalized spacial score (nSPS) is 12.0. The van der Waals surface area contributed by atoms with Crippen LogP contribution in [0.2, 0.25) is 0 Å². The summed E-state index contributed by atoms with van der Waals surface area (Å²) >= 11 is 0. The Kier molecular flexibility index (Phi) is 5.90. The second kappa shape index (κ2) is 8.78. The van der Waals surface area contributed by atoms with Crippen molar-refractivity contribution >= 4 is 16.9 Å². The fourth-order valence-electron chi connectivity index (χ4n) is 3.74. The fourth-order valence-corrected chi connectivity index (χ4v) is 3.74. The highest BCUT2D eigenvalue weighted by atomic mass is 16.5. The molecule has 4 aromatic rings. The van der Waals surface area contributed by atoms with Gasteiger partial charge in [0.1, 0.15) is 23.7 Å². The molecule has 1 amide bonds. The third-order valence-corrected chi connectivity index (χ3v) is 5.60. The first-order valence-corrected chi connectivity index (χ1v) is 10.4. The van der Waals surface area contributed by atoms with Crippen LogP contribution in [0.4, 0.5) is 0 Å². The van der Waals surface area contributed by atoms with Gasteiger partial charge in [-0.2, -0.15) is 0 Å². The van der Waals surface area contributed by atoms with Crippen LogP contribution in [0.15, 0.2) is 51.4 Å². The van der Waals surface area contributed by atoms with Crippen LogP contribution in [0.1, 0.15) is 51.7 Å². The molecule has 2 aromatic carbocycles. The van der Waals surface area contributed by atoms with Crippen molar-refractivity contribution in [1.29, 1.82) is 0 Å². The van der Waals surface area contributed by atoms with Crippen LogP contribution in [0.25, 0.3) is 11.0 Å². The number of carbonyl (C=O) groups is 1. The van der Waals surface area contributed by atoms with Crippen molar-refractivity contribution in [3.63, 3.8) is 0 Å². The Bertz CT molecular complexity index is 1250. The Morgan fingerprint density at radius 2 is 1.91 bits per heavy atom. The number of hydrogen-bond acceptors (Lipinski definition) is 6. The molecule has 0 aliphatic rings. The van der Waals surface area contributed by atoms with Gasteiger partial charge in [0.15, 0.2) is 11.5 Å². The lowest BCUT2D eigenvalue weighted by atomic mass is 10.1. The number of aryl methyl sites for hydroxylation is 3. The second-order valence-corrected chi connectivity index (χ2v) is 7.74. The third kappa shape index (κ3) is 4.06. The standard InChI is InChI=1S/C25H26N2O5/c1-14-19-8-6-7-9-21(19)31-24(14)16(3)26-25(28)18-10-11-22(23(12-18)29-5)30-13-20-15(2)27-32-17(20)4/h6-12,16H,13H2,1-5H3,(H,26,28). The molecule has 7 heteroatoms. The van der Waals surface area contributed by atoms with Gasteiger partial charge in [-0.15, -0.1) is 0 Å². The summed E-state index contributed by atoms with van der Waals surface area (Å²) in [4.78, 5) is 12.9. The Labute approximate surface area is 186 Å². The first-order valence-electron chi connectivity index (χ1n) is 10.4. The number of furan rings is 1. The van der Waals surface area contributed by atoms with Gasteiger partial charge in [-0.1, -0.05) is 23.4 Å². The molecule has 0 spiro atoms. The second-order valence-electron chi connectivity index (χ2n) is 7.74. The predicted molar refractivity (Wildman–Crippen MR) is 120 cm³/mol. The lowest BCUT2D eigenvalue weighted by Gasteiger charge is -2.15. The van der Waals surface area contributed by atoms with Gasteiger partial charge < -0.3 is 23.7 Å². The number of carbonyl (C=O) groups excluding carboxylic acids is 1. The average Bonchev–Trinajstić information content (AvgIpc) is 3.31. The van der Waals surface area contributed by atoms with E-state index in [1.165, 1.54) is 0 Å². The summed E-state index contributed by atoms with van der Waals surface area (Å²) < 4.78 is 22.5. The van der Waals surface area contributed by atoms with Gasteiger partial charge in [-0.3, -0.25) is 4.79 Å². The van der Waals surface area contributed by atoms with Crippen LogP contribution < -0.4 is 14.8 Å². The van der Waals surface area contributed by atoms with Crippen LogP contribution in [0, 0.1) is 20.8 Å². The van der Waals surface area contributed by atoms with Gasteiger partial charge in [-0.05, 0) is 52.0 Å². The van der Waals surface area contributed by atoms with E-state index in [0.29, 0.717) is 29.4 Å². The highest BCUT2D eigenvalue weighted by Crippen LogP contribution is 2.31. The van der Waals surface area contributed by atoms with Gasteiger partial charge in [-0.25, -0.2) is 0 Å². The van der Waals surface area contributed by atoms with Crippen molar-refractivity contribution in [3.8, 4) is 11.5 Å². The molecule has 0 radical (unpaired) electrons. The van der Waals surface area contributed by atoms with Crippen LogP contribution in [0.5, 0.6) is 11.5 Å². The van der Waals surface area contributed by atoms with E-state index < -0.39 is 0 Å². The average molecular weight is 434 g/mol. The summed E-state index contributed by atoms with van der Waals surface area (Å²) in [6.07, 6.45) is 0. The lowest BCUT2D eigenvalue weighted by Crippen LogP contribution is -2.26. The van der Waals surface area contributed by atoms with Crippen LogP contribution >= 0.6 is 0 Å². The summed E-state index contributed by atoms with van der Waals surface area (Å²) in [7, 11) is 1.54. The fraction of sp³-hybridized carbons (Fsp3) is 0.280. The number of methoxy groups -OCH3 is 1. The maximum atomic E-state index is 12.9. The number of nitrogens with zero attached hydrogens (tertiary/aromatic N) is 1. The highest BCUT2D eigenvalue weighted by Gasteiger charge is 2.20. The maximum absolute atomic E-state index is 12.9. The Morgan fingerprint density at radius 3 is 2.59 bits per heavy atom. The molecule has 2 heterocycles. The van der Waals surface area contributed by atoms with E-state index in [2.05, 4.69) is 10.5 Å². The Hall–Kier alpha value is -3.74. The topological polar surface area (TPSA) is 86.7 Å². The van der Waals surface area contributed by atoms with Crippen molar-refractivity contribution in [2.45, 2.75) is 40.3 Å². The number of rotatable bonds is 7. The molecule has 1 atom stereocenters. The van der Waals surface area contributed by atoms with Crippen molar-refractivity contribution in [2.75, 3.05) is 7.11 Å². The highest BCUT2D eigenvalue weighted by molar-refractivity contribution is 5.95. The van der Waals surface area contributed by atoms with E-state index >= 15 is 0 Å². The summed E-state index contributed by atoms with van der Waals surface area (Å²) in [5.74, 6) is 2.23. The predicted octanol–water partition coefficient (Wildman–Crippen LogP) is 5.42. The van der Waals surface area contributed by atoms with Gasteiger partial charge in [0.25, 0.3) is 5.91 Å². The first kappa shape index (κ1) is 21.5. The minimum atomic E-state index is -0.295. The minimum absolute atomic E-state index is 0.229. The number of ether oxygens (including phenoxy) is 2. The molecule has 166 valence electrons. The van der Waals surface area contributed by atoms with E-state index in [1.807, 2.05) is 52.0 Å². The van der Waals surface area contributed by atoms with E-state index in [4.69, 9.17) is 18.4 Å². The first-order chi connectivity index (χ1) is 15.4. The summed E-state index contributed by atoms with van der Waals surface area (Å²) in [6.45, 7) is 7.91. The van der Waals surface area contributed by atoms with Gasteiger partial charge in [0.2, 0.25) is 0 Å². The smallest absolute Gasteiger partial charge is 0.252 e. The van der Waals surface area contributed by atoms with E-state index in [-0.39, 0.29) is 11.9 Å². The minimum Gasteiger partial charge on any atom is -0.493 e. The number of fused-ring (bicyclic) bond motifs is 1. The van der Waals surface area contributed by atoms with Crippen molar-refractivity contribution in [1.82, 2.24) is 10.5 Å². The summed E-state index contributed by atoms with van der Waals surface area (Å²) in [5, 5.41) is 7.98. The maximum Gasteiger partial charge on any atom is 0.252 e. The molecule has 1 unspecified atom stereocenters. The van der Waals surface area contributed by atoms with Gasteiger partial charge in [0.05, 0.1) is 24.4 Å². The van der Waals surface area contributed by atoms with Crippen molar-refractivity contribution in [2.24, 2.45) is 0 Å². The number of nitrogens with one attached hydrogen (secondary N) is 1. The molecule has 1 N–H and O–H groups in total. The van der Waals surface area contributed by atoms with Gasteiger partial charge in [0, 0.05) is 16.5 Å². The lowest BCUT2D eigenvalue weighted by molar-refractivity contribution is 0.0935. The van der Waals surface area contributed by atoms with Crippen molar-refractivity contribution in [3.05, 3.63) is 76.4 Å². The van der Waals surface area contributed by atoms with Gasteiger partial charge >= 0.3 is 0 Å². The molecular weight excluding hydrogens is 408 g/mol. The molecule has 2 aromatic heterocycles. The van der Waals surface area contributed by atoms with E-state index in [1.54, 1.807) is 25.3 Å². The molecule has 7 nitrogen and oxygen atoms in total.